The molecule has 0 aliphatic rings. The number of rotatable bonds is 8. The molecule has 0 rings (SSSR count). The van der Waals surface area contributed by atoms with Gasteiger partial charge in [0.1, 0.15) is 0 Å². The van der Waals surface area contributed by atoms with Gasteiger partial charge in [-0.05, 0) is 18.9 Å². The average Bonchev–Trinajstić information content (AvgIpc) is 2.09. The summed E-state index contributed by atoms with van der Waals surface area (Å²) >= 11 is 0. The van der Waals surface area contributed by atoms with Gasteiger partial charge in [0, 0.05) is 6.54 Å². The summed E-state index contributed by atoms with van der Waals surface area (Å²) in [6.07, 6.45) is 3.56. The van der Waals surface area contributed by atoms with E-state index in [1.807, 2.05) is 13.8 Å². The molecule has 0 aliphatic carbocycles. The third-order valence-electron chi connectivity index (χ3n) is 2.44. The molecule has 0 radical (unpaired) electrons. The number of carbonyl (C=O) groups is 1. The number of hydrogen-bond acceptors (Lipinski definition) is 2. The molecule has 0 heterocycles. The molecule has 0 aromatic carbocycles. The number of nitrogens with one attached hydrogen (secondary N) is 1. The zero-order chi connectivity index (χ0) is 11.0. The van der Waals surface area contributed by atoms with E-state index < -0.39 is 5.97 Å². The van der Waals surface area contributed by atoms with Gasteiger partial charge in [-0.25, -0.2) is 0 Å². The molecule has 3 nitrogen and oxygen atoms in total. The smallest absolute Gasteiger partial charge is 0.308 e. The van der Waals surface area contributed by atoms with E-state index in [-0.39, 0.29) is 11.8 Å². The minimum Gasteiger partial charge on any atom is -0.481 e. The van der Waals surface area contributed by atoms with Gasteiger partial charge in [-0.3, -0.25) is 4.79 Å². The van der Waals surface area contributed by atoms with Crippen molar-refractivity contribution in [3.05, 3.63) is 0 Å². The zero-order valence-corrected chi connectivity index (χ0v) is 9.55. The highest BCUT2D eigenvalue weighted by atomic mass is 16.4. The van der Waals surface area contributed by atoms with Crippen molar-refractivity contribution in [3.8, 4) is 0 Å². The van der Waals surface area contributed by atoms with Gasteiger partial charge < -0.3 is 10.4 Å². The minimum atomic E-state index is -0.692. The van der Waals surface area contributed by atoms with E-state index in [2.05, 4.69) is 12.2 Å². The second kappa shape index (κ2) is 7.80. The first-order valence-corrected chi connectivity index (χ1v) is 5.53. The summed E-state index contributed by atoms with van der Waals surface area (Å²) in [5, 5.41) is 12.1. The third kappa shape index (κ3) is 5.97. The van der Waals surface area contributed by atoms with Crippen LogP contribution in [-0.2, 0) is 4.79 Å². The first-order valence-electron chi connectivity index (χ1n) is 5.53. The van der Waals surface area contributed by atoms with Gasteiger partial charge in [0.25, 0.3) is 0 Å². The van der Waals surface area contributed by atoms with Crippen molar-refractivity contribution in [2.24, 2.45) is 11.8 Å². The van der Waals surface area contributed by atoms with Crippen LogP contribution >= 0.6 is 0 Å². The minimum absolute atomic E-state index is 0.200. The van der Waals surface area contributed by atoms with Gasteiger partial charge in [-0.2, -0.15) is 0 Å². The monoisotopic (exact) mass is 201 g/mol. The fraction of sp³-hybridized carbons (Fsp3) is 0.909. The van der Waals surface area contributed by atoms with Crippen LogP contribution in [0.2, 0.25) is 0 Å². The van der Waals surface area contributed by atoms with Crippen LogP contribution in [0.25, 0.3) is 0 Å². The summed E-state index contributed by atoms with van der Waals surface area (Å²) in [4.78, 5) is 10.8. The molecule has 84 valence electrons. The van der Waals surface area contributed by atoms with Crippen molar-refractivity contribution in [1.29, 1.82) is 0 Å². The highest BCUT2D eigenvalue weighted by molar-refractivity contribution is 5.70. The van der Waals surface area contributed by atoms with Crippen LogP contribution in [0.5, 0.6) is 0 Å². The molecule has 0 saturated heterocycles. The van der Waals surface area contributed by atoms with E-state index in [1.54, 1.807) is 0 Å². The summed E-state index contributed by atoms with van der Waals surface area (Å²) < 4.78 is 0. The van der Waals surface area contributed by atoms with Crippen LogP contribution in [0.1, 0.15) is 40.0 Å². The van der Waals surface area contributed by atoms with Crippen LogP contribution in [0, 0.1) is 11.8 Å². The second-order valence-electron chi connectivity index (χ2n) is 4.10. The molecule has 2 N–H and O–H groups in total. The van der Waals surface area contributed by atoms with E-state index in [4.69, 9.17) is 5.11 Å². The molecule has 1 atom stereocenters. The standard InChI is InChI=1S/C11H23NO2/c1-4-5-6-7-12-8-10(9(2)3)11(13)14/h9-10,12H,4-8H2,1-3H3,(H,13,14). The number of aliphatic carboxylic acids is 1. The van der Waals surface area contributed by atoms with Crippen molar-refractivity contribution in [3.63, 3.8) is 0 Å². The molecule has 0 bridgehead atoms. The molecule has 0 aromatic heterocycles. The van der Waals surface area contributed by atoms with Crippen molar-refractivity contribution in [2.45, 2.75) is 40.0 Å². The Kier molecular flexibility index (Phi) is 7.48. The number of unbranched alkanes of at least 4 members (excludes halogenated alkanes) is 2. The highest BCUT2D eigenvalue weighted by Crippen LogP contribution is 2.09. The van der Waals surface area contributed by atoms with Crippen LogP contribution in [0.3, 0.4) is 0 Å². The van der Waals surface area contributed by atoms with Crippen molar-refractivity contribution >= 4 is 5.97 Å². The zero-order valence-electron chi connectivity index (χ0n) is 9.55. The predicted molar refractivity (Wildman–Crippen MR) is 58.4 cm³/mol. The number of carboxylic acids is 1. The lowest BCUT2D eigenvalue weighted by Crippen LogP contribution is -2.32. The molecular formula is C11H23NO2. The first-order chi connectivity index (χ1) is 6.59. The van der Waals surface area contributed by atoms with Crippen LogP contribution in [0.4, 0.5) is 0 Å². The molecular weight excluding hydrogens is 178 g/mol. The summed E-state index contributed by atoms with van der Waals surface area (Å²) in [5.41, 5.74) is 0. The van der Waals surface area contributed by atoms with Gasteiger partial charge >= 0.3 is 5.97 Å². The third-order valence-corrected chi connectivity index (χ3v) is 2.44. The Hall–Kier alpha value is -0.570. The van der Waals surface area contributed by atoms with E-state index in [9.17, 15) is 4.79 Å². The van der Waals surface area contributed by atoms with Gasteiger partial charge in [0.05, 0.1) is 5.92 Å². The van der Waals surface area contributed by atoms with Crippen LogP contribution in [0.15, 0.2) is 0 Å². The van der Waals surface area contributed by atoms with Crippen molar-refractivity contribution in [2.75, 3.05) is 13.1 Å². The molecule has 1 unspecified atom stereocenters. The maximum absolute atomic E-state index is 10.8. The molecule has 0 aromatic rings. The Bertz CT molecular complexity index is 157. The second-order valence-corrected chi connectivity index (χ2v) is 4.10. The average molecular weight is 201 g/mol. The highest BCUT2D eigenvalue weighted by Gasteiger charge is 2.20. The van der Waals surface area contributed by atoms with Gasteiger partial charge in [-0.1, -0.05) is 33.6 Å². The summed E-state index contributed by atoms with van der Waals surface area (Å²) in [5.74, 6) is -0.745. The van der Waals surface area contributed by atoms with Crippen LogP contribution < -0.4 is 5.32 Å². The van der Waals surface area contributed by atoms with Gasteiger partial charge in [0.2, 0.25) is 0 Å². The maximum atomic E-state index is 10.8. The largest absolute Gasteiger partial charge is 0.481 e. The molecule has 14 heavy (non-hydrogen) atoms. The molecule has 0 amide bonds. The molecule has 3 heteroatoms. The lowest BCUT2D eigenvalue weighted by Gasteiger charge is -2.16. The lowest BCUT2D eigenvalue weighted by atomic mass is 9.96. The molecule has 0 saturated carbocycles. The number of hydrogen-bond donors (Lipinski definition) is 2. The normalized spacial score (nSPS) is 13.1. The Morgan fingerprint density at radius 3 is 2.43 bits per heavy atom. The predicted octanol–water partition coefficient (Wildman–Crippen LogP) is 2.12. The van der Waals surface area contributed by atoms with E-state index in [0.717, 1.165) is 13.0 Å². The van der Waals surface area contributed by atoms with Crippen LogP contribution in [-0.4, -0.2) is 24.2 Å². The van der Waals surface area contributed by atoms with Gasteiger partial charge in [-0.15, -0.1) is 0 Å². The van der Waals surface area contributed by atoms with Crippen molar-refractivity contribution in [1.82, 2.24) is 5.32 Å². The fourth-order valence-electron chi connectivity index (χ4n) is 1.37. The van der Waals surface area contributed by atoms with E-state index in [1.165, 1.54) is 12.8 Å². The Labute approximate surface area is 86.9 Å². The molecule has 0 spiro atoms. The van der Waals surface area contributed by atoms with Crippen molar-refractivity contribution < 1.29 is 9.90 Å². The summed E-state index contributed by atoms with van der Waals surface area (Å²) in [7, 11) is 0. The summed E-state index contributed by atoms with van der Waals surface area (Å²) in [6, 6.07) is 0. The molecule has 0 fully saturated rings. The quantitative estimate of drug-likeness (QED) is 0.591. The van der Waals surface area contributed by atoms with E-state index >= 15 is 0 Å². The number of carboxylic acid groups (broad SMARTS) is 1. The van der Waals surface area contributed by atoms with E-state index in [0.29, 0.717) is 6.54 Å². The topological polar surface area (TPSA) is 49.3 Å². The SMILES string of the molecule is CCCCCNCC(C(=O)O)C(C)C. The summed E-state index contributed by atoms with van der Waals surface area (Å²) in [6.45, 7) is 7.59. The Balaban J connectivity index is 3.57. The first kappa shape index (κ1) is 13.4. The Morgan fingerprint density at radius 2 is 2.00 bits per heavy atom. The molecule has 0 aliphatic heterocycles. The fourth-order valence-corrected chi connectivity index (χ4v) is 1.37. The maximum Gasteiger partial charge on any atom is 0.308 e. The lowest BCUT2D eigenvalue weighted by molar-refractivity contribution is -0.143. The van der Waals surface area contributed by atoms with Gasteiger partial charge in [0.15, 0.2) is 0 Å². The Morgan fingerprint density at radius 1 is 1.36 bits per heavy atom.